The third kappa shape index (κ3) is 2.50. The zero-order valence-corrected chi connectivity index (χ0v) is 11.4. The van der Waals surface area contributed by atoms with Gasteiger partial charge in [0.25, 0.3) is 10.0 Å². The van der Waals surface area contributed by atoms with Crippen LogP contribution < -0.4 is 10.0 Å². The lowest BCUT2D eigenvalue weighted by Gasteiger charge is -2.07. The number of benzene rings is 1. The second kappa shape index (κ2) is 4.94. The summed E-state index contributed by atoms with van der Waals surface area (Å²) in [6, 6.07) is 7.48. The zero-order valence-electron chi connectivity index (χ0n) is 10.6. The van der Waals surface area contributed by atoms with E-state index in [0.29, 0.717) is 28.9 Å². The predicted octanol–water partition coefficient (Wildman–Crippen LogP) is 0.867. The fraction of sp³-hybridized carbons (Fsp3) is 0.462. The molecule has 0 radical (unpaired) electrons. The summed E-state index contributed by atoms with van der Waals surface area (Å²) in [7, 11) is -3.40. The van der Waals surface area contributed by atoms with Crippen LogP contribution in [0.2, 0.25) is 0 Å². The number of rotatable bonds is 3. The lowest BCUT2D eigenvalue weighted by Crippen LogP contribution is -2.24. The number of sulfonamides is 1. The van der Waals surface area contributed by atoms with Gasteiger partial charge in [0.1, 0.15) is 5.84 Å². The van der Waals surface area contributed by atoms with Crippen molar-refractivity contribution in [1.29, 1.82) is 0 Å². The maximum atomic E-state index is 11.9. The van der Waals surface area contributed by atoms with Crippen LogP contribution in [0.25, 0.3) is 0 Å². The van der Waals surface area contributed by atoms with Crippen molar-refractivity contribution in [3.63, 3.8) is 0 Å². The molecule has 0 spiro atoms. The van der Waals surface area contributed by atoms with Crippen molar-refractivity contribution in [2.45, 2.75) is 30.2 Å². The van der Waals surface area contributed by atoms with E-state index in [9.17, 15) is 8.42 Å². The van der Waals surface area contributed by atoms with Gasteiger partial charge in [0, 0.05) is 18.2 Å². The first-order chi connectivity index (χ1) is 9.17. The van der Waals surface area contributed by atoms with Gasteiger partial charge in [0.05, 0.1) is 4.90 Å². The molecular weight excluding hydrogens is 262 g/mol. The van der Waals surface area contributed by atoms with E-state index in [1.807, 2.05) is 6.07 Å². The van der Waals surface area contributed by atoms with E-state index in [0.717, 1.165) is 13.0 Å². The minimum atomic E-state index is -3.40. The largest absolute Gasteiger partial charge is 0.314 e. The lowest BCUT2D eigenvalue weighted by atomic mass is 10.1. The summed E-state index contributed by atoms with van der Waals surface area (Å²) in [6.45, 7) is 1.72. The van der Waals surface area contributed by atoms with Gasteiger partial charge in [-0.05, 0) is 37.9 Å². The van der Waals surface area contributed by atoms with Crippen molar-refractivity contribution in [2.75, 3.05) is 13.1 Å². The molecule has 1 aromatic carbocycles. The third-order valence-corrected chi connectivity index (χ3v) is 4.97. The van der Waals surface area contributed by atoms with E-state index < -0.39 is 10.0 Å². The van der Waals surface area contributed by atoms with Crippen LogP contribution in [0.3, 0.4) is 0 Å². The molecule has 2 aliphatic heterocycles. The van der Waals surface area contributed by atoms with Crippen molar-refractivity contribution < 1.29 is 8.42 Å². The number of hydrogen-bond acceptors (Lipinski definition) is 4. The van der Waals surface area contributed by atoms with E-state index in [-0.39, 0.29) is 0 Å². The quantitative estimate of drug-likeness (QED) is 0.862. The molecule has 1 saturated heterocycles. The Bertz CT molecular complexity index is 604. The Balaban J connectivity index is 1.75. The fourth-order valence-corrected chi connectivity index (χ4v) is 3.84. The molecule has 2 N–H and O–H groups in total. The first-order valence-electron chi connectivity index (χ1n) is 6.57. The number of nitrogens with zero attached hydrogens (tertiary/aromatic N) is 1. The second-order valence-corrected chi connectivity index (χ2v) is 6.56. The van der Waals surface area contributed by atoms with Crippen LogP contribution in [0.4, 0.5) is 0 Å². The molecule has 1 fully saturated rings. The SMILES string of the molecule is O=S1(=O)NC(=NCC[C@H]2CCCN2)c2ccccc21. The van der Waals surface area contributed by atoms with Gasteiger partial charge in [-0.1, -0.05) is 12.1 Å². The van der Waals surface area contributed by atoms with Crippen LogP contribution in [-0.2, 0) is 10.0 Å². The molecule has 3 rings (SSSR count). The molecule has 2 heterocycles. The first kappa shape index (κ1) is 12.6. The van der Waals surface area contributed by atoms with E-state index in [2.05, 4.69) is 15.0 Å². The minimum absolute atomic E-state index is 0.327. The Labute approximate surface area is 113 Å². The Morgan fingerprint density at radius 1 is 1.32 bits per heavy atom. The van der Waals surface area contributed by atoms with Crippen LogP contribution in [0, 0.1) is 0 Å². The van der Waals surface area contributed by atoms with Crippen LogP contribution in [0.15, 0.2) is 34.2 Å². The molecule has 2 aliphatic rings. The average Bonchev–Trinajstić information content (AvgIpc) is 2.98. The monoisotopic (exact) mass is 279 g/mol. The van der Waals surface area contributed by atoms with Crippen LogP contribution in [-0.4, -0.2) is 33.4 Å². The van der Waals surface area contributed by atoms with E-state index in [1.165, 1.54) is 12.8 Å². The highest BCUT2D eigenvalue weighted by Gasteiger charge is 2.29. The third-order valence-electron chi connectivity index (χ3n) is 3.57. The summed E-state index contributed by atoms with van der Waals surface area (Å²) < 4.78 is 26.3. The molecule has 1 aromatic rings. The fourth-order valence-electron chi connectivity index (χ4n) is 2.59. The molecule has 6 heteroatoms. The molecule has 102 valence electrons. The van der Waals surface area contributed by atoms with Gasteiger partial charge in [0.15, 0.2) is 0 Å². The molecule has 0 aromatic heterocycles. The Kier molecular flexibility index (Phi) is 3.28. The average molecular weight is 279 g/mol. The summed E-state index contributed by atoms with van der Waals surface area (Å²) in [5.74, 6) is 0.480. The van der Waals surface area contributed by atoms with E-state index in [1.54, 1.807) is 18.2 Å². The molecule has 0 unspecified atom stereocenters. The zero-order chi connectivity index (χ0) is 13.3. The molecule has 0 saturated carbocycles. The Hall–Kier alpha value is -1.40. The van der Waals surface area contributed by atoms with Crippen molar-refractivity contribution in [3.8, 4) is 0 Å². The van der Waals surface area contributed by atoms with E-state index >= 15 is 0 Å². The standard InChI is InChI=1S/C13H17N3O2S/c17-19(18)12-6-2-1-5-11(12)13(16-19)15-9-7-10-4-3-8-14-10/h1-2,5-6,10,14H,3-4,7-9H2,(H,15,16)/t10-/m1/s1. The number of amidine groups is 1. The highest BCUT2D eigenvalue weighted by molar-refractivity contribution is 7.90. The maximum Gasteiger partial charge on any atom is 0.263 e. The van der Waals surface area contributed by atoms with Crippen LogP contribution in [0.1, 0.15) is 24.8 Å². The number of aliphatic imine (C=N–C) groups is 1. The van der Waals surface area contributed by atoms with Crippen molar-refractivity contribution in [1.82, 2.24) is 10.0 Å². The highest BCUT2D eigenvalue weighted by atomic mass is 32.2. The summed E-state index contributed by atoms with van der Waals surface area (Å²) in [5, 5.41) is 3.41. The van der Waals surface area contributed by atoms with Gasteiger partial charge in [-0.2, -0.15) is 0 Å². The molecule has 0 bridgehead atoms. The van der Waals surface area contributed by atoms with Gasteiger partial charge in [0.2, 0.25) is 0 Å². The summed E-state index contributed by atoms with van der Waals surface area (Å²) in [5.41, 5.74) is 0.682. The maximum absolute atomic E-state index is 11.9. The number of fused-ring (bicyclic) bond motifs is 1. The smallest absolute Gasteiger partial charge is 0.263 e. The predicted molar refractivity (Wildman–Crippen MR) is 73.8 cm³/mol. The summed E-state index contributed by atoms with van der Waals surface area (Å²) in [6.07, 6.45) is 3.36. The molecule has 19 heavy (non-hydrogen) atoms. The molecular formula is C13H17N3O2S. The second-order valence-electron chi connectivity index (χ2n) is 4.91. The van der Waals surface area contributed by atoms with Crippen LogP contribution in [0.5, 0.6) is 0 Å². The lowest BCUT2D eigenvalue weighted by molar-refractivity contribution is 0.567. The topological polar surface area (TPSA) is 70.6 Å². The van der Waals surface area contributed by atoms with Crippen LogP contribution >= 0.6 is 0 Å². The van der Waals surface area contributed by atoms with Crippen molar-refractivity contribution >= 4 is 15.9 Å². The van der Waals surface area contributed by atoms with Crippen molar-refractivity contribution in [2.24, 2.45) is 4.99 Å². The summed E-state index contributed by atoms with van der Waals surface area (Å²) >= 11 is 0. The van der Waals surface area contributed by atoms with Gasteiger partial charge in [-0.3, -0.25) is 9.71 Å². The van der Waals surface area contributed by atoms with Gasteiger partial charge < -0.3 is 5.32 Å². The highest BCUT2D eigenvalue weighted by Crippen LogP contribution is 2.22. The normalized spacial score (nSPS) is 26.3. The summed E-state index contributed by atoms with van der Waals surface area (Å²) in [4.78, 5) is 4.74. The van der Waals surface area contributed by atoms with Gasteiger partial charge in [-0.25, -0.2) is 8.42 Å². The Morgan fingerprint density at radius 2 is 2.16 bits per heavy atom. The van der Waals surface area contributed by atoms with Crippen molar-refractivity contribution in [3.05, 3.63) is 29.8 Å². The minimum Gasteiger partial charge on any atom is -0.314 e. The number of hydrogen-bond donors (Lipinski definition) is 2. The molecule has 5 nitrogen and oxygen atoms in total. The van der Waals surface area contributed by atoms with Gasteiger partial charge in [-0.15, -0.1) is 0 Å². The molecule has 0 amide bonds. The van der Waals surface area contributed by atoms with Gasteiger partial charge >= 0.3 is 0 Å². The molecule has 0 aliphatic carbocycles. The first-order valence-corrected chi connectivity index (χ1v) is 8.05. The Morgan fingerprint density at radius 3 is 2.95 bits per heavy atom. The van der Waals surface area contributed by atoms with E-state index in [4.69, 9.17) is 0 Å². The molecule has 1 atom stereocenters. The number of nitrogens with one attached hydrogen (secondary N) is 2.